The van der Waals surface area contributed by atoms with E-state index in [1.54, 1.807) is 0 Å². The number of allylic oxidation sites excluding steroid dienone is 1. The van der Waals surface area contributed by atoms with Gasteiger partial charge in [0.1, 0.15) is 0 Å². The molecule has 2 aliphatic rings. The Morgan fingerprint density at radius 2 is 1.64 bits per heavy atom. The van der Waals surface area contributed by atoms with Crippen molar-refractivity contribution in [2.24, 2.45) is 5.41 Å². The lowest BCUT2D eigenvalue weighted by Gasteiger charge is -2.43. The molecule has 1 aliphatic heterocycles. The molecule has 0 N–H and O–H groups in total. The van der Waals surface area contributed by atoms with Crippen molar-refractivity contribution in [3.05, 3.63) is 12.2 Å². The van der Waals surface area contributed by atoms with Crippen molar-refractivity contribution in [2.75, 3.05) is 6.61 Å². The van der Waals surface area contributed by atoms with E-state index in [0.717, 1.165) is 6.61 Å². The smallest absolute Gasteiger partial charge is 0.0690 e. The third-order valence-corrected chi connectivity index (χ3v) is 3.93. The van der Waals surface area contributed by atoms with Crippen LogP contribution in [-0.2, 0) is 4.74 Å². The van der Waals surface area contributed by atoms with Crippen LogP contribution in [0.1, 0.15) is 52.4 Å². The molecule has 0 bridgehead atoms. The summed E-state index contributed by atoms with van der Waals surface area (Å²) < 4.78 is 6.04. The topological polar surface area (TPSA) is 9.23 Å². The normalized spacial score (nSPS) is 30.1. The summed E-state index contributed by atoms with van der Waals surface area (Å²) in [4.78, 5) is 0. The zero-order valence-corrected chi connectivity index (χ0v) is 9.51. The Labute approximate surface area is 87.5 Å². The van der Waals surface area contributed by atoms with Crippen LogP contribution in [0.4, 0.5) is 0 Å². The van der Waals surface area contributed by atoms with Crippen LogP contribution in [0.5, 0.6) is 0 Å². The Morgan fingerprint density at radius 3 is 2.36 bits per heavy atom. The van der Waals surface area contributed by atoms with Crippen LogP contribution in [0.15, 0.2) is 12.2 Å². The molecule has 0 aromatic heterocycles. The maximum atomic E-state index is 6.04. The summed E-state index contributed by atoms with van der Waals surface area (Å²) in [5.41, 5.74) is 0.785. The number of ether oxygens (including phenoxy) is 1. The predicted molar refractivity (Wildman–Crippen MR) is 59.3 cm³/mol. The Balaban J connectivity index is 1.98. The molecule has 1 aliphatic carbocycles. The number of rotatable bonds is 0. The molecule has 0 radical (unpaired) electrons. The highest BCUT2D eigenvalue weighted by Gasteiger charge is 2.38. The van der Waals surface area contributed by atoms with E-state index in [-0.39, 0.29) is 5.60 Å². The lowest BCUT2D eigenvalue weighted by Crippen LogP contribution is -2.39. The van der Waals surface area contributed by atoms with Gasteiger partial charge in [-0.05, 0) is 43.9 Å². The summed E-state index contributed by atoms with van der Waals surface area (Å²) in [5.74, 6) is 0. The van der Waals surface area contributed by atoms with Gasteiger partial charge < -0.3 is 4.74 Å². The first-order valence-corrected chi connectivity index (χ1v) is 5.91. The predicted octanol–water partition coefficient (Wildman–Crippen LogP) is 3.69. The van der Waals surface area contributed by atoms with E-state index in [9.17, 15) is 0 Å². The van der Waals surface area contributed by atoms with E-state index in [0.29, 0.717) is 5.41 Å². The molecule has 80 valence electrons. The molecule has 0 aromatic rings. The fourth-order valence-corrected chi connectivity index (χ4v) is 2.61. The number of hydrogen-bond acceptors (Lipinski definition) is 1. The molecule has 0 atom stereocenters. The molecular weight excluding hydrogens is 172 g/mol. The zero-order valence-electron chi connectivity index (χ0n) is 9.51. The van der Waals surface area contributed by atoms with E-state index in [2.05, 4.69) is 26.0 Å². The van der Waals surface area contributed by atoms with Crippen molar-refractivity contribution in [1.29, 1.82) is 0 Å². The van der Waals surface area contributed by atoms with Crippen molar-refractivity contribution < 1.29 is 4.74 Å². The molecular formula is C13H22O. The van der Waals surface area contributed by atoms with Gasteiger partial charge >= 0.3 is 0 Å². The Morgan fingerprint density at radius 1 is 0.929 bits per heavy atom. The van der Waals surface area contributed by atoms with Gasteiger partial charge in [0, 0.05) is 0 Å². The third-order valence-electron chi connectivity index (χ3n) is 3.93. The van der Waals surface area contributed by atoms with Gasteiger partial charge in [-0.15, -0.1) is 0 Å². The zero-order chi connectivity index (χ0) is 10.1. The molecule has 0 saturated heterocycles. The van der Waals surface area contributed by atoms with Crippen LogP contribution in [0.3, 0.4) is 0 Å². The average molecular weight is 194 g/mol. The van der Waals surface area contributed by atoms with Gasteiger partial charge in [0.2, 0.25) is 0 Å². The first-order valence-electron chi connectivity index (χ1n) is 5.91. The second-order valence-corrected chi connectivity index (χ2v) is 5.67. The van der Waals surface area contributed by atoms with Crippen molar-refractivity contribution in [1.82, 2.24) is 0 Å². The highest BCUT2D eigenvalue weighted by atomic mass is 16.5. The van der Waals surface area contributed by atoms with E-state index in [1.807, 2.05) is 0 Å². The summed E-state index contributed by atoms with van der Waals surface area (Å²) in [7, 11) is 0. The first kappa shape index (κ1) is 10.2. The van der Waals surface area contributed by atoms with E-state index in [4.69, 9.17) is 4.74 Å². The van der Waals surface area contributed by atoms with Crippen LogP contribution in [-0.4, -0.2) is 12.2 Å². The number of hydrogen-bond donors (Lipinski definition) is 0. The summed E-state index contributed by atoms with van der Waals surface area (Å²) in [6.07, 6.45) is 12.1. The second kappa shape index (κ2) is 3.69. The molecule has 1 spiro atoms. The minimum absolute atomic E-state index is 0.235. The minimum Gasteiger partial charge on any atom is -0.371 e. The molecule has 14 heavy (non-hydrogen) atoms. The summed E-state index contributed by atoms with van der Waals surface area (Å²) in [6.45, 7) is 5.60. The molecule has 1 fully saturated rings. The fraction of sp³-hybridized carbons (Fsp3) is 0.846. The average Bonchev–Trinajstić information content (AvgIpc) is 2.37. The molecule has 0 amide bonds. The Kier molecular flexibility index (Phi) is 2.70. The Bertz CT molecular complexity index is 205. The molecule has 1 heteroatoms. The molecule has 1 heterocycles. The molecule has 1 nitrogen and oxygen atoms in total. The van der Waals surface area contributed by atoms with Gasteiger partial charge in [0.15, 0.2) is 0 Å². The van der Waals surface area contributed by atoms with Gasteiger partial charge in [-0.1, -0.05) is 26.0 Å². The first-order chi connectivity index (χ1) is 6.62. The minimum atomic E-state index is 0.235. The maximum absolute atomic E-state index is 6.04. The standard InChI is InChI=1S/C13H22O/c1-12(2)7-9-13(10-8-12)6-4-3-5-11-14-13/h3,5H,4,6-11H2,1-2H3. The van der Waals surface area contributed by atoms with E-state index < -0.39 is 0 Å². The van der Waals surface area contributed by atoms with Gasteiger partial charge in [0.05, 0.1) is 12.2 Å². The van der Waals surface area contributed by atoms with Crippen molar-refractivity contribution in [3.8, 4) is 0 Å². The van der Waals surface area contributed by atoms with Gasteiger partial charge in [-0.3, -0.25) is 0 Å². The highest BCUT2D eigenvalue weighted by molar-refractivity contribution is 4.96. The summed E-state index contributed by atoms with van der Waals surface area (Å²) in [5, 5.41) is 0. The lowest BCUT2D eigenvalue weighted by molar-refractivity contribution is -0.0788. The lowest BCUT2D eigenvalue weighted by atomic mass is 9.69. The molecule has 1 saturated carbocycles. The van der Waals surface area contributed by atoms with Crippen molar-refractivity contribution >= 4 is 0 Å². The second-order valence-electron chi connectivity index (χ2n) is 5.67. The van der Waals surface area contributed by atoms with Crippen molar-refractivity contribution in [3.63, 3.8) is 0 Å². The van der Waals surface area contributed by atoms with Gasteiger partial charge in [-0.25, -0.2) is 0 Å². The summed E-state index contributed by atoms with van der Waals surface area (Å²) >= 11 is 0. The van der Waals surface area contributed by atoms with Gasteiger partial charge in [-0.2, -0.15) is 0 Å². The summed E-state index contributed by atoms with van der Waals surface area (Å²) in [6, 6.07) is 0. The molecule has 0 aromatic carbocycles. The van der Waals surface area contributed by atoms with Crippen LogP contribution in [0, 0.1) is 5.41 Å². The van der Waals surface area contributed by atoms with Gasteiger partial charge in [0.25, 0.3) is 0 Å². The largest absolute Gasteiger partial charge is 0.371 e. The fourth-order valence-electron chi connectivity index (χ4n) is 2.61. The SMILES string of the molecule is CC1(C)CCC2(CCC=CCO2)CC1. The maximum Gasteiger partial charge on any atom is 0.0690 e. The van der Waals surface area contributed by atoms with Crippen LogP contribution in [0.2, 0.25) is 0 Å². The van der Waals surface area contributed by atoms with E-state index >= 15 is 0 Å². The van der Waals surface area contributed by atoms with Crippen LogP contribution in [0.25, 0.3) is 0 Å². The quantitative estimate of drug-likeness (QED) is 0.534. The third kappa shape index (κ3) is 2.20. The molecule has 0 unspecified atom stereocenters. The highest BCUT2D eigenvalue weighted by Crippen LogP contribution is 2.44. The van der Waals surface area contributed by atoms with Crippen LogP contribution >= 0.6 is 0 Å². The van der Waals surface area contributed by atoms with Crippen LogP contribution < -0.4 is 0 Å². The molecule has 2 rings (SSSR count). The van der Waals surface area contributed by atoms with Crippen molar-refractivity contribution in [2.45, 2.75) is 58.0 Å². The van der Waals surface area contributed by atoms with E-state index in [1.165, 1.54) is 38.5 Å². The Hall–Kier alpha value is -0.300. The monoisotopic (exact) mass is 194 g/mol.